The van der Waals surface area contributed by atoms with Crippen LogP contribution in [0.15, 0.2) is 18.2 Å². The van der Waals surface area contributed by atoms with Gasteiger partial charge in [-0.1, -0.05) is 12.5 Å². The second-order valence-corrected chi connectivity index (χ2v) is 6.01. The molecule has 0 radical (unpaired) electrons. The van der Waals surface area contributed by atoms with Crippen molar-refractivity contribution in [3.05, 3.63) is 23.9 Å². The molecule has 2 aliphatic rings. The molecule has 3 atom stereocenters. The van der Waals surface area contributed by atoms with E-state index in [1.54, 1.807) is 7.11 Å². The lowest BCUT2D eigenvalue weighted by atomic mass is 9.94. The highest BCUT2D eigenvalue weighted by Gasteiger charge is 2.38. The monoisotopic (exact) mass is 276 g/mol. The van der Waals surface area contributed by atoms with Crippen LogP contribution in [0.5, 0.6) is 5.88 Å². The first-order valence-electron chi connectivity index (χ1n) is 7.70. The van der Waals surface area contributed by atoms with Crippen molar-refractivity contribution in [3.63, 3.8) is 0 Å². The molecule has 1 saturated carbocycles. The van der Waals surface area contributed by atoms with E-state index >= 15 is 0 Å². The van der Waals surface area contributed by atoms with E-state index in [1.807, 2.05) is 12.1 Å². The van der Waals surface area contributed by atoms with Gasteiger partial charge in [-0.2, -0.15) is 0 Å². The molecule has 0 spiro atoms. The molecule has 3 unspecified atom stereocenters. The Labute approximate surface area is 120 Å². The van der Waals surface area contributed by atoms with Gasteiger partial charge >= 0.3 is 0 Å². The summed E-state index contributed by atoms with van der Waals surface area (Å²) < 4.78 is 5.19. The molecule has 1 aliphatic carbocycles. The Hall–Kier alpha value is -1.13. The number of likely N-dealkylation sites (tertiary alicyclic amines) is 1. The number of ether oxygens (including phenoxy) is 1. The Bertz CT molecular complexity index is 452. The van der Waals surface area contributed by atoms with Crippen LogP contribution in [-0.2, 0) is 6.54 Å². The van der Waals surface area contributed by atoms with Crippen LogP contribution < -0.4 is 4.74 Å². The molecule has 3 rings (SSSR count). The number of rotatable bonds is 4. The number of nitrogens with zero attached hydrogens (tertiary/aromatic N) is 2. The standard InChI is InChI=1S/C16H24N2O2/c1-20-16-9-2-5-12(17-16)11-18-10-4-7-14(18)13-6-3-8-15(13)19/h2,5,9,13-15,19H,3-4,6-8,10-11H2,1H3. The summed E-state index contributed by atoms with van der Waals surface area (Å²) in [5, 5.41) is 10.2. The first-order valence-corrected chi connectivity index (χ1v) is 7.70. The number of aliphatic hydroxyl groups is 1. The van der Waals surface area contributed by atoms with Crippen molar-refractivity contribution >= 4 is 0 Å². The van der Waals surface area contributed by atoms with E-state index in [4.69, 9.17) is 4.74 Å². The van der Waals surface area contributed by atoms with Crippen molar-refractivity contribution in [3.8, 4) is 5.88 Å². The molecule has 2 fully saturated rings. The number of aromatic nitrogens is 1. The summed E-state index contributed by atoms with van der Waals surface area (Å²) in [6.07, 6.45) is 5.68. The Morgan fingerprint density at radius 1 is 1.30 bits per heavy atom. The molecular formula is C16H24N2O2. The normalized spacial score (nSPS) is 30.8. The van der Waals surface area contributed by atoms with Gasteiger partial charge in [0.05, 0.1) is 18.9 Å². The van der Waals surface area contributed by atoms with Crippen LogP contribution in [0.1, 0.15) is 37.8 Å². The average molecular weight is 276 g/mol. The molecule has 0 bridgehead atoms. The number of pyridine rings is 1. The van der Waals surface area contributed by atoms with Crippen molar-refractivity contribution in [1.29, 1.82) is 0 Å². The lowest BCUT2D eigenvalue weighted by Crippen LogP contribution is -2.38. The molecule has 110 valence electrons. The Morgan fingerprint density at radius 3 is 2.95 bits per heavy atom. The minimum atomic E-state index is -0.0983. The van der Waals surface area contributed by atoms with Crippen LogP contribution in [0.2, 0.25) is 0 Å². The van der Waals surface area contributed by atoms with Gasteiger partial charge in [-0.25, -0.2) is 4.98 Å². The zero-order valence-electron chi connectivity index (χ0n) is 12.2. The second kappa shape index (κ2) is 6.10. The average Bonchev–Trinajstić information content (AvgIpc) is 3.07. The number of methoxy groups -OCH3 is 1. The highest BCUT2D eigenvalue weighted by Crippen LogP contribution is 2.36. The second-order valence-electron chi connectivity index (χ2n) is 6.01. The number of aliphatic hydroxyl groups excluding tert-OH is 1. The van der Waals surface area contributed by atoms with E-state index < -0.39 is 0 Å². The Balaban J connectivity index is 1.69. The molecule has 0 amide bonds. The van der Waals surface area contributed by atoms with E-state index in [2.05, 4.69) is 16.0 Å². The van der Waals surface area contributed by atoms with Gasteiger partial charge in [-0.15, -0.1) is 0 Å². The third kappa shape index (κ3) is 2.81. The molecule has 1 saturated heterocycles. The molecule has 2 heterocycles. The summed E-state index contributed by atoms with van der Waals surface area (Å²) in [5.41, 5.74) is 1.06. The fourth-order valence-electron chi connectivity index (χ4n) is 3.82. The number of hydrogen-bond acceptors (Lipinski definition) is 4. The van der Waals surface area contributed by atoms with Gasteiger partial charge in [-0.3, -0.25) is 4.90 Å². The van der Waals surface area contributed by atoms with Crippen molar-refractivity contribution in [2.45, 2.75) is 50.8 Å². The molecule has 4 heteroatoms. The smallest absolute Gasteiger partial charge is 0.213 e. The first kappa shape index (κ1) is 13.8. The van der Waals surface area contributed by atoms with Gasteiger partial charge in [0, 0.05) is 24.6 Å². The van der Waals surface area contributed by atoms with E-state index in [0.29, 0.717) is 17.8 Å². The maximum atomic E-state index is 10.2. The van der Waals surface area contributed by atoms with Gasteiger partial charge in [0.1, 0.15) is 0 Å². The molecule has 4 nitrogen and oxygen atoms in total. The summed E-state index contributed by atoms with van der Waals surface area (Å²) >= 11 is 0. The maximum absolute atomic E-state index is 10.2. The van der Waals surface area contributed by atoms with Crippen LogP contribution in [0.3, 0.4) is 0 Å². The SMILES string of the molecule is COc1cccc(CN2CCCC2C2CCCC2O)n1. The Kier molecular flexibility index (Phi) is 4.22. The van der Waals surface area contributed by atoms with Gasteiger partial charge in [-0.05, 0) is 38.3 Å². The van der Waals surface area contributed by atoms with Crippen molar-refractivity contribution in [2.75, 3.05) is 13.7 Å². The highest BCUT2D eigenvalue weighted by atomic mass is 16.5. The third-order valence-electron chi connectivity index (χ3n) is 4.80. The largest absolute Gasteiger partial charge is 0.481 e. The van der Waals surface area contributed by atoms with Gasteiger partial charge in [0.15, 0.2) is 0 Å². The minimum absolute atomic E-state index is 0.0983. The van der Waals surface area contributed by atoms with E-state index in [-0.39, 0.29) is 6.10 Å². The molecular weight excluding hydrogens is 252 g/mol. The lowest BCUT2D eigenvalue weighted by molar-refractivity contribution is 0.0713. The predicted molar refractivity (Wildman–Crippen MR) is 77.6 cm³/mol. The summed E-state index contributed by atoms with van der Waals surface area (Å²) in [6.45, 7) is 1.98. The summed E-state index contributed by atoms with van der Waals surface area (Å²) in [5.74, 6) is 1.14. The molecule has 1 aliphatic heterocycles. The highest BCUT2D eigenvalue weighted by molar-refractivity contribution is 5.16. The van der Waals surface area contributed by atoms with Gasteiger partial charge in [0.25, 0.3) is 0 Å². The first-order chi connectivity index (χ1) is 9.78. The van der Waals surface area contributed by atoms with E-state index in [0.717, 1.165) is 25.2 Å². The van der Waals surface area contributed by atoms with Crippen molar-refractivity contribution in [1.82, 2.24) is 9.88 Å². The van der Waals surface area contributed by atoms with E-state index in [1.165, 1.54) is 25.7 Å². The maximum Gasteiger partial charge on any atom is 0.213 e. The molecule has 1 aromatic heterocycles. The van der Waals surface area contributed by atoms with E-state index in [9.17, 15) is 5.11 Å². The summed E-state index contributed by atoms with van der Waals surface area (Å²) in [7, 11) is 1.65. The molecule has 1 N–H and O–H groups in total. The minimum Gasteiger partial charge on any atom is -0.481 e. The van der Waals surface area contributed by atoms with Crippen LogP contribution in [-0.4, -0.2) is 40.8 Å². The van der Waals surface area contributed by atoms with Crippen LogP contribution in [0.25, 0.3) is 0 Å². The fourth-order valence-corrected chi connectivity index (χ4v) is 3.82. The number of hydrogen-bond donors (Lipinski definition) is 1. The van der Waals surface area contributed by atoms with Gasteiger partial charge in [0.2, 0.25) is 5.88 Å². The topological polar surface area (TPSA) is 45.6 Å². The van der Waals surface area contributed by atoms with Crippen LogP contribution in [0.4, 0.5) is 0 Å². The van der Waals surface area contributed by atoms with Crippen molar-refractivity contribution < 1.29 is 9.84 Å². The molecule has 1 aromatic rings. The molecule has 20 heavy (non-hydrogen) atoms. The quantitative estimate of drug-likeness (QED) is 0.916. The zero-order chi connectivity index (χ0) is 13.9. The van der Waals surface area contributed by atoms with Gasteiger partial charge < -0.3 is 9.84 Å². The fraction of sp³-hybridized carbons (Fsp3) is 0.688. The van der Waals surface area contributed by atoms with Crippen LogP contribution >= 0.6 is 0 Å². The summed E-state index contributed by atoms with van der Waals surface area (Å²) in [6, 6.07) is 6.46. The van der Waals surface area contributed by atoms with Crippen LogP contribution in [0, 0.1) is 5.92 Å². The van der Waals surface area contributed by atoms with Crippen molar-refractivity contribution in [2.24, 2.45) is 5.92 Å². The Morgan fingerprint density at radius 2 is 2.20 bits per heavy atom. The lowest BCUT2D eigenvalue weighted by Gasteiger charge is -2.31. The zero-order valence-corrected chi connectivity index (χ0v) is 12.2. The predicted octanol–water partition coefficient (Wildman–Crippen LogP) is 2.22. The molecule has 0 aromatic carbocycles. The third-order valence-corrected chi connectivity index (χ3v) is 4.80. The summed E-state index contributed by atoms with van der Waals surface area (Å²) in [4.78, 5) is 7.01.